The van der Waals surface area contributed by atoms with Crippen LogP contribution in [0.3, 0.4) is 0 Å². The zero-order valence-corrected chi connectivity index (χ0v) is 33.3. The van der Waals surface area contributed by atoms with Gasteiger partial charge in [-0.25, -0.2) is 30.0 Å². The Morgan fingerprint density at radius 1 is 0.414 bits per heavy atom. The van der Waals surface area contributed by atoms with E-state index in [9.17, 15) is 51.9 Å². The second kappa shape index (κ2) is 11.9. The van der Waals surface area contributed by atoms with Crippen LogP contribution in [0.5, 0.6) is 0 Å². The van der Waals surface area contributed by atoms with Gasteiger partial charge in [0.2, 0.25) is 0 Å². The molecule has 0 spiro atoms. The number of nitrogens with zero attached hydrogens (tertiary/aromatic N) is 8. The van der Waals surface area contributed by atoms with Crippen molar-refractivity contribution in [2.75, 3.05) is 0 Å². The van der Waals surface area contributed by atoms with Crippen LogP contribution in [0.4, 0.5) is 11.6 Å². The molecule has 10 rings (SSSR count). The van der Waals surface area contributed by atoms with Gasteiger partial charge in [0.1, 0.15) is 22.6 Å². The van der Waals surface area contributed by atoms with E-state index in [4.69, 9.17) is 30.0 Å². The normalized spacial score (nSPS) is 15.8. The number of rotatable bonds is 4. The molecule has 0 radical (unpaired) electrons. The molecule has 6 heterocycles. The lowest BCUT2D eigenvalue weighted by molar-refractivity contribution is 0.481. The molecule has 0 saturated carbocycles. The van der Waals surface area contributed by atoms with Crippen LogP contribution in [0.2, 0.25) is 0 Å². The van der Waals surface area contributed by atoms with E-state index in [1.165, 1.54) is 31.4 Å². The minimum atomic E-state index is -4.83. The summed E-state index contributed by atoms with van der Waals surface area (Å²) in [6.45, 7) is 0. The summed E-state index contributed by atoms with van der Waals surface area (Å²) in [5.41, 5.74) is 0.488. The number of hydrogen-bond acceptors (Lipinski definition) is 14. The second-order valence-corrected chi connectivity index (χ2v) is 21.6. The highest BCUT2D eigenvalue weighted by Gasteiger charge is 2.39. The number of fused-ring (bicyclic) bond motifs is 14. The zero-order chi connectivity index (χ0) is 41.0. The molecular weight excluding hydrogens is 879 g/mol. The largest absolute Gasteiger partial charge is 0.722 e. The maximum absolute atomic E-state index is 12.5. The average molecular weight is 895 g/mol. The van der Waals surface area contributed by atoms with E-state index < -0.39 is 73.7 Å². The van der Waals surface area contributed by atoms with Crippen LogP contribution in [0.15, 0.2) is 122 Å². The lowest BCUT2D eigenvalue weighted by Crippen LogP contribution is -2.43. The van der Waals surface area contributed by atoms with Crippen molar-refractivity contribution in [1.82, 2.24) is 7.10 Å². The third-order valence-corrected chi connectivity index (χ3v) is 16.1. The molecule has 2 aromatic heterocycles. The Balaban J connectivity index is 1.46. The fourth-order valence-electron chi connectivity index (χ4n) is 7.13. The summed E-state index contributed by atoms with van der Waals surface area (Å²) in [5, 5.41) is 0.493. The first kappa shape index (κ1) is 37.0. The van der Waals surface area contributed by atoms with Crippen molar-refractivity contribution in [3.8, 4) is 0 Å². The van der Waals surface area contributed by atoms with E-state index in [0.29, 0.717) is 0 Å². The van der Waals surface area contributed by atoms with Gasteiger partial charge in [-0.2, -0.15) is 43.7 Å². The van der Waals surface area contributed by atoms with Crippen molar-refractivity contribution in [3.05, 3.63) is 106 Å². The van der Waals surface area contributed by atoms with Crippen LogP contribution in [0.1, 0.15) is 22.3 Å². The highest BCUT2D eigenvalue weighted by molar-refractivity contribution is 7.86. The molecular formula is C32H16AlClN8O12S4. The zero-order valence-electron chi connectivity index (χ0n) is 28.1. The number of halogens is 1. The van der Waals surface area contributed by atoms with E-state index in [2.05, 4.69) is 9.98 Å². The maximum Gasteiger partial charge on any atom is 0.722 e. The number of benzene rings is 4. The first-order valence-corrected chi connectivity index (χ1v) is 24.7. The minimum Gasteiger partial charge on any atom is -0.370 e. The van der Waals surface area contributed by atoms with E-state index >= 15 is 0 Å². The third kappa shape index (κ3) is 5.51. The Hall–Kier alpha value is -5.30. The SMILES string of the molecule is O=S(=O)(O)c1ccc2c(c1)C1=NC2=Nc2c3cc(S(=O)(=O)O)ccc3c3[n]2[Al]([Cl])[n]2c(c4ccc(S(=O)(=O)O)cc4c2=NC2=NC(=N3)c3cc(S(=O)(=O)O)ccc32)=N1. The summed E-state index contributed by atoms with van der Waals surface area (Å²) in [4.78, 5) is 26.4. The van der Waals surface area contributed by atoms with Gasteiger partial charge in [0.05, 0.1) is 19.6 Å². The number of hydrogen-bond donors (Lipinski definition) is 4. The topological polar surface area (TPSA) is 302 Å². The van der Waals surface area contributed by atoms with E-state index in [1.807, 2.05) is 0 Å². The summed E-state index contributed by atoms with van der Waals surface area (Å²) in [7, 11) is -11.5. The predicted octanol–water partition coefficient (Wildman–Crippen LogP) is 2.15. The van der Waals surface area contributed by atoms with Gasteiger partial charge in [0.15, 0.2) is 23.3 Å². The molecule has 0 unspecified atom stereocenters. The molecule has 0 saturated heterocycles. The fourth-order valence-corrected chi connectivity index (χ4v) is 12.1. The molecule has 0 aliphatic carbocycles. The Morgan fingerprint density at radius 2 is 0.793 bits per heavy atom. The van der Waals surface area contributed by atoms with Crippen LogP contribution in [0, 0.1) is 0 Å². The van der Waals surface area contributed by atoms with Gasteiger partial charge in [0, 0.05) is 43.8 Å². The van der Waals surface area contributed by atoms with Gasteiger partial charge in [-0.1, -0.05) is 0 Å². The van der Waals surface area contributed by atoms with Crippen molar-refractivity contribution >= 4 is 121 Å². The highest BCUT2D eigenvalue weighted by Crippen LogP contribution is 2.43. The molecule has 4 aromatic carbocycles. The number of aromatic nitrogens is 2. The maximum atomic E-state index is 12.5. The molecule has 0 atom stereocenters. The van der Waals surface area contributed by atoms with Gasteiger partial charge in [-0.15, -0.1) is 0 Å². The fraction of sp³-hybridized carbons (Fsp3) is 0. The molecule has 20 nitrogen and oxygen atoms in total. The molecule has 290 valence electrons. The molecule has 4 aliphatic rings. The van der Waals surface area contributed by atoms with Crippen molar-refractivity contribution in [2.24, 2.45) is 30.0 Å². The van der Waals surface area contributed by atoms with Gasteiger partial charge in [0.25, 0.3) is 40.5 Å². The predicted molar refractivity (Wildman–Crippen MR) is 206 cm³/mol. The summed E-state index contributed by atoms with van der Waals surface area (Å²) in [6, 6.07) is 14.2. The molecule has 0 amide bonds. The van der Waals surface area contributed by atoms with Crippen molar-refractivity contribution in [3.63, 3.8) is 0 Å². The van der Waals surface area contributed by atoms with Crippen LogP contribution in [-0.2, 0) is 40.5 Å². The molecule has 58 heavy (non-hydrogen) atoms. The van der Waals surface area contributed by atoms with E-state index in [1.54, 1.807) is 0 Å². The van der Waals surface area contributed by atoms with Gasteiger partial charge in [-0.3, -0.25) is 18.2 Å². The standard InChI is InChI=1S/C32H16N8O12S4.Al.ClH/c41-53(42,43)13-1-5-17-21(9-13)29-33-25(17)37-30-22-10-14(54(44,45)46)2-6-18(22)27(34-30)39-32-24-12-16(56(50,51)52)4-8-20(24)28(36-32)40-31-23-11-15(55(47,48)49)3-7-19(23)26(35-31)38-29;;/h1-12H,(H4-2,33,34,35,36,37,38,39,40,41,42,43,44,45,46,47,48,49,50,51,52);;1H/q-2;+3;/p-1. The first-order chi connectivity index (χ1) is 27.2. The molecule has 0 fully saturated rings. The molecule has 4 N–H and O–H groups in total. The van der Waals surface area contributed by atoms with Crippen LogP contribution >= 0.6 is 10.0 Å². The number of amidine groups is 4. The minimum absolute atomic E-state index is 0.00832. The average Bonchev–Trinajstić information content (AvgIpc) is 3.85. The summed E-state index contributed by atoms with van der Waals surface area (Å²) in [5.74, 6) is -0.526. The van der Waals surface area contributed by atoms with Crippen LogP contribution < -0.4 is 11.0 Å². The smallest absolute Gasteiger partial charge is 0.370 e. The molecule has 4 aliphatic heterocycles. The number of aliphatic imine (C=N–C) groups is 4. The lowest BCUT2D eigenvalue weighted by atomic mass is 10.1. The Labute approximate surface area is 333 Å². The summed E-state index contributed by atoms with van der Waals surface area (Å²) >= 11 is -3.60. The summed E-state index contributed by atoms with van der Waals surface area (Å²) in [6.07, 6.45) is 0. The lowest BCUT2D eigenvalue weighted by Gasteiger charge is -2.15. The van der Waals surface area contributed by atoms with Gasteiger partial charge in [-0.05, 0) is 72.8 Å². The van der Waals surface area contributed by atoms with Gasteiger partial charge < -0.3 is 7.10 Å². The summed E-state index contributed by atoms with van der Waals surface area (Å²) < 4.78 is 142. The first-order valence-electron chi connectivity index (χ1n) is 16.1. The Morgan fingerprint density at radius 3 is 1.31 bits per heavy atom. The quantitative estimate of drug-likeness (QED) is 0.146. The van der Waals surface area contributed by atoms with Crippen molar-refractivity contribution in [2.45, 2.75) is 19.6 Å². The van der Waals surface area contributed by atoms with E-state index in [-0.39, 0.29) is 89.8 Å². The molecule has 6 aromatic rings. The Kier molecular flexibility index (Phi) is 7.59. The highest BCUT2D eigenvalue weighted by atomic mass is 35.6. The van der Waals surface area contributed by atoms with Crippen LogP contribution in [0.25, 0.3) is 21.5 Å². The molecule has 6 bridgehead atoms. The third-order valence-electron chi connectivity index (χ3n) is 9.69. The van der Waals surface area contributed by atoms with Gasteiger partial charge >= 0.3 is 13.7 Å². The van der Waals surface area contributed by atoms with Crippen molar-refractivity contribution in [1.29, 1.82) is 0 Å². The Bertz CT molecular complexity index is 3770. The second-order valence-electron chi connectivity index (χ2n) is 13.0. The van der Waals surface area contributed by atoms with Crippen LogP contribution in [-0.4, -0.2) is 96.0 Å². The van der Waals surface area contributed by atoms with E-state index in [0.717, 1.165) is 48.5 Å². The molecule has 26 heteroatoms. The monoisotopic (exact) mass is 894 g/mol. The van der Waals surface area contributed by atoms with Crippen molar-refractivity contribution < 1.29 is 51.9 Å².